The monoisotopic (exact) mass is 240 g/mol. The predicted molar refractivity (Wildman–Crippen MR) is 65.6 cm³/mol. The molecule has 1 unspecified atom stereocenters. The highest BCUT2D eigenvalue weighted by molar-refractivity contribution is 6.21. The number of methoxy groups -OCH3 is 2. The van der Waals surface area contributed by atoms with E-state index in [9.17, 15) is 0 Å². The van der Waals surface area contributed by atoms with Crippen LogP contribution in [-0.2, 0) is 6.42 Å². The number of ether oxygens (including phenoxy) is 2. The Balaban J connectivity index is 2.08. The Labute approximate surface area is 102 Å². The van der Waals surface area contributed by atoms with Gasteiger partial charge in [-0.1, -0.05) is 6.07 Å². The molecule has 0 amide bonds. The van der Waals surface area contributed by atoms with Gasteiger partial charge in [0, 0.05) is 5.38 Å². The van der Waals surface area contributed by atoms with Crippen LogP contribution in [-0.4, -0.2) is 19.6 Å². The highest BCUT2D eigenvalue weighted by atomic mass is 35.5. The van der Waals surface area contributed by atoms with Gasteiger partial charge in [-0.05, 0) is 42.9 Å². The first-order valence-corrected chi connectivity index (χ1v) is 6.03. The van der Waals surface area contributed by atoms with Gasteiger partial charge in [0.2, 0.25) is 0 Å². The zero-order valence-electron chi connectivity index (χ0n) is 9.70. The Hall–Kier alpha value is -0.890. The molecule has 1 fully saturated rings. The maximum atomic E-state index is 6.31. The quantitative estimate of drug-likeness (QED) is 0.736. The molecular weight excluding hydrogens is 224 g/mol. The predicted octanol–water partition coefficient (Wildman–Crippen LogP) is 3.26. The zero-order valence-corrected chi connectivity index (χ0v) is 10.5. The lowest BCUT2D eigenvalue weighted by Gasteiger charge is -2.11. The Kier molecular flexibility index (Phi) is 3.59. The van der Waals surface area contributed by atoms with Crippen molar-refractivity contribution in [2.75, 3.05) is 14.2 Å². The van der Waals surface area contributed by atoms with E-state index in [1.807, 2.05) is 12.1 Å². The van der Waals surface area contributed by atoms with Gasteiger partial charge in [0.05, 0.1) is 14.2 Å². The maximum absolute atomic E-state index is 6.31. The number of rotatable bonds is 5. The molecule has 2 rings (SSSR count). The summed E-state index contributed by atoms with van der Waals surface area (Å²) < 4.78 is 10.5. The second-order valence-electron chi connectivity index (χ2n) is 4.25. The van der Waals surface area contributed by atoms with Crippen LogP contribution in [0.4, 0.5) is 0 Å². The van der Waals surface area contributed by atoms with E-state index in [2.05, 4.69) is 6.07 Å². The summed E-state index contributed by atoms with van der Waals surface area (Å²) >= 11 is 6.31. The summed E-state index contributed by atoms with van der Waals surface area (Å²) in [5.74, 6) is 2.26. The Morgan fingerprint density at radius 3 is 2.50 bits per heavy atom. The fourth-order valence-corrected chi connectivity index (χ4v) is 2.29. The molecule has 1 aromatic carbocycles. The third kappa shape index (κ3) is 2.62. The van der Waals surface area contributed by atoms with Gasteiger partial charge in [0.25, 0.3) is 0 Å². The molecule has 1 aliphatic rings. The molecular formula is C13H17ClO2. The second kappa shape index (κ2) is 4.96. The van der Waals surface area contributed by atoms with Crippen LogP contribution in [0.2, 0.25) is 0 Å². The summed E-state index contributed by atoms with van der Waals surface area (Å²) in [5.41, 5.74) is 1.21. The van der Waals surface area contributed by atoms with Crippen LogP contribution in [0, 0.1) is 5.92 Å². The third-order valence-electron chi connectivity index (χ3n) is 3.01. The SMILES string of the molecule is COc1ccc(CC(Cl)C2CC2)cc1OC. The average molecular weight is 241 g/mol. The van der Waals surface area contributed by atoms with Gasteiger partial charge in [-0.2, -0.15) is 0 Å². The molecule has 0 spiro atoms. The minimum atomic E-state index is 0.262. The molecule has 0 saturated heterocycles. The van der Waals surface area contributed by atoms with Crippen LogP contribution in [0.3, 0.4) is 0 Å². The van der Waals surface area contributed by atoms with Crippen molar-refractivity contribution in [1.29, 1.82) is 0 Å². The minimum Gasteiger partial charge on any atom is -0.493 e. The van der Waals surface area contributed by atoms with Crippen molar-refractivity contribution in [1.82, 2.24) is 0 Å². The van der Waals surface area contributed by atoms with E-state index in [1.165, 1.54) is 18.4 Å². The largest absolute Gasteiger partial charge is 0.493 e. The van der Waals surface area contributed by atoms with Crippen LogP contribution in [0.25, 0.3) is 0 Å². The third-order valence-corrected chi connectivity index (χ3v) is 3.52. The summed E-state index contributed by atoms with van der Waals surface area (Å²) in [6, 6.07) is 6.00. The van der Waals surface area contributed by atoms with Crippen LogP contribution in [0.1, 0.15) is 18.4 Å². The van der Waals surface area contributed by atoms with E-state index in [0.717, 1.165) is 23.8 Å². The van der Waals surface area contributed by atoms with Crippen molar-refractivity contribution in [3.8, 4) is 11.5 Å². The molecule has 3 heteroatoms. The summed E-state index contributed by atoms with van der Waals surface area (Å²) in [6.45, 7) is 0. The fraction of sp³-hybridized carbons (Fsp3) is 0.538. The number of alkyl halides is 1. The molecule has 1 atom stereocenters. The molecule has 0 bridgehead atoms. The lowest BCUT2D eigenvalue weighted by molar-refractivity contribution is 0.354. The molecule has 1 saturated carbocycles. The maximum Gasteiger partial charge on any atom is 0.160 e. The van der Waals surface area contributed by atoms with E-state index in [-0.39, 0.29) is 5.38 Å². The molecule has 0 aromatic heterocycles. The Morgan fingerprint density at radius 2 is 1.94 bits per heavy atom. The lowest BCUT2D eigenvalue weighted by atomic mass is 10.1. The molecule has 88 valence electrons. The Bertz CT molecular complexity index is 361. The van der Waals surface area contributed by atoms with E-state index >= 15 is 0 Å². The van der Waals surface area contributed by atoms with Gasteiger partial charge < -0.3 is 9.47 Å². The first-order chi connectivity index (χ1) is 7.74. The Morgan fingerprint density at radius 1 is 1.25 bits per heavy atom. The van der Waals surface area contributed by atoms with Crippen molar-refractivity contribution in [3.05, 3.63) is 23.8 Å². The fourth-order valence-electron chi connectivity index (χ4n) is 1.86. The van der Waals surface area contributed by atoms with Crippen molar-refractivity contribution in [2.24, 2.45) is 5.92 Å². The first kappa shape index (κ1) is 11.6. The first-order valence-electron chi connectivity index (χ1n) is 5.59. The van der Waals surface area contributed by atoms with Gasteiger partial charge in [-0.25, -0.2) is 0 Å². The average Bonchev–Trinajstić information content (AvgIpc) is 3.12. The standard InChI is InChI=1S/C13H17ClO2/c1-15-12-6-3-9(8-13(12)16-2)7-11(14)10-4-5-10/h3,6,8,10-11H,4-5,7H2,1-2H3. The summed E-state index contributed by atoms with van der Waals surface area (Å²) in [5, 5.41) is 0.262. The highest BCUT2D eigenvalue weighted by Gasteiger charge is 2.29. The van der Waals surface area contributed by atoms with Crippen LogP contribution >= 0.6 is 11.6 Å². The number of hydrogen-bond donors (Lipinski definition) is 0. The summed E-state index contributed by atoms with van der Waals surface area (Å²) in [6.07, 6.45) is 3.47. The van der Waals surface area contributed by atoms with Crippen molar-refractivity contribution < 1.29 is 9.47 Å². The van der Waals surface area contributed by atoms with E-state index in [1.54, 1.807) is 14.2 Å². The van der Waals surface area contributed by atoms with E-state index < -0.39 is 0 Å². The molecule has 1 aliphatic carbocycles. The molecule has 0 heterocycles. The normalized spacial score (nSPS) is 16.9. The molecule has 0 N–H and O–H groups in total. The number of halogens is 1. The molecule has 2 nitrogen and oxygen atoms in total. The number of hydrogen-bond acceptors (Lipinski definition) is 2. The van der Waals surface area contributed by atoms with E-state index in [4.69, 9.17) is 21.1 Å². The smallest absolute Gasteiger partial charge is 0.160 e. The van der Waals surface area contributed by atoms with Crippen molar-refractivity contribution >= 4 is 11.6 Å². The van der Waals surface area contributed by atoms with Gasteiger partial charge in [0.15, 0.2) is 11.5 Å². The topological polar surface area (TPSA) is 18.5 Å². The minimum absolute atomic E-state index is 0.262. The van der Waals surface area contributed by atoms with Crippen LogP contribution < -0.4 is 9.47 Å². The molecule has 16 heavy (non-hydrogen) atoms. The second-order valence-corrected chi connectivity index (χ2v) is 4.81. The molecule has 1 aromatic rings. The number of benzene rings is 1. The lowest BCUT2D eigenvalue weighted by Crippen LogP contribution is -2.05. The van der Waals surface area contributed by atoms with Gasteiger partial charge in [-0.15, -0.1) is 11.6 Å². The van der Waals surface area contributed by atoms with Gasteiger partial charge >= 0.3 is 0 Å². The van der Waals surface area contributed by atoms with E-state index in [0.29, 0.717) is 0 Å². The molecule has 0 aliphatic heterocycles. The molecule has 0 radical (unpaired) electrons. The summed E-state index contributed by atoms with van der Waals surface area (Å²) in [7, 11) is 3.30. The van der Waals surface area contributed by atoms with Crippen LogP contribution in [0.15, 0.2) is 18.2 Å². The van der Waals surface area contributed by atoms with Gasteiger partial charge in [-0.3, -0.25) is 0 Å². The van der Waals surface area contributed by atoms with Crippen molar-refractivity contribution in [3.63, 3.8) is 0 Å². The zero-order chi connectivity index (χ0) is 11.5. The van der Waals surface area contributed by atoms with Crippen LogP contribution in [0.5, 0.6) is 11.5 Å². The van der Waals surface area contributed by atoms with Gasteiger partial charge in [0.1, 0.15) is 0 Å². The summed E-state index contributed by atoms with van der Waals surface area (Å²) in [4.78, 5) is 0. The van der Waals surface area contributed by atoms with Crippen molar-refractivity contribution in [2.45, 2.75) is 24.6 Å². The highest BCUT2D eigenvalue weighted by Crippen LogP contribution is 2.38.